The molecule has 1 heterocycles. The molecule has 1 N–H and O–H groups in total. The third kappa shape index (κ3) is 3.42. The number of hydrogen-bond acceptors (Lipinski definition) is 4. The van der Waals surface area contributed by atoms with E-state index >= 15 is 0 Å². The molecule has 0 spiro atoms. The molecule has 1 aromatic rings. The minimum atomic E-state index is -0.479. The maximum absolute atomic E-state index is 12.2. The fourth-order valence-corrected chi connectivity index (χ4v) is 2.59. The summed E-state index contributed by atoms with van der Waals surface area (Å²) in [6.45, 7) is 5.23. The highest BCUT2D eigenvalue weighted by atomic mass is 79.9. The van der Waals surface area contributed by atoms with Gasteiger partial charge < -0.3 is 10.1 Å². The first kappa shape index (κ1) is 16.4. The summed E-state index contributed by atoms with van der Waals surface area (Å²) in [5.74, 6) is -0.312. The Hall–Kier alpha value is -1.99. The SMILES string of the molecule is C=CCOc1ccc(Br)cc1/C=C1\NC(=S)N(C(C)=O)C1=O. The van der Waals surface area contributed by atoms with Gasteiger partial charge in [0.2, 0.25) is 5.91 Å². The molecule has 22 heavy (non-hydrogen) atoms. The van der Waals surface area contributed by atoms with E-state index in [4.69, 9.17) is 17.0 Å². The van der Waals surface area contributed by atoms with Gasteiger partial charge in [-0.05, 0) is 36.5 Å². The third-order valence-corrected chi connectivity index (χ3v) is 3.60. The maximum atomic E-state index is 12.2. The van der Waals surface area contributed by atoms with Crippen LogP contribution in [0.4, 0.5) is 0 Å². The average Bonchev–Trinajstić information content (AvgIpc) is 2.72. The molecule has 114 valence electrons. The lowest BCUT2D eigenvalue weighted by atomic mass is 10.1. The van der Waals surface area contributed by atoms with Crippen LogP contribution in [0.1, 0.15) is 12.5 Å². The summed E-state index contributed by atoms with van der Waals surface area (Å²) in [7, 11) is 0. The number of halogens is 1. The largest absolute Gasteiger partial charge is 0.489 e. The number of nitrogens with zero attached hydrogens (tertiary/aromatic N) is 1. The Morgan fingerprint density at radius 1 is 1.55 bits per heavy atom. The lowest BCUT2D eigenvalue weighted by molar-refractivity contribution is -0.135. The Morgan fingerprint density at radius 3 is 2.86 bits per heavy atom. The lowest BCUT2D eigenvalue weighted by Crippen LogP contribution is -2.34. The number of nitrogens with one attached hydrogen (secondary N) is 1. The Labute approximate surface area is 141 Å². The highest BCUT2D eigenvalue weighted by Gasteiger charge is 2.33. The van der Waals surface area contributed by atoms with Crippen LogP contribution in [0.5, 0.6) is 5.75 Å². The number of imide groups is 1. The number of carbonyl (C=O) groups is 2. The van der Waals surface area contributed by atoms with Crippen LogP contribution in [-0.4, -0.2) is 28.4 Å². The Kier molecular flexibility index (Phi) is 5.10. The van der Waals surface area contributed by atoms with E-state index in [1.54, 1.807) is 24.3 Å². The third-order valence-electron chi connectivity index (χ3n) is 2.82. The van der Waals surface area contributed by atoms with Crippen molar-refractivity contribution in [2.75, 3.05) is 6.61 Å². The highest BCUT2D eigenvalue weighted by molar-refractivity contribution is 9.10. The quantitative estimate of drug-likeness (QED) is 0.494. The van der Waals surface area contributed by atoms with Crippen LogP contribution >= 0.6 is 28.1 Å². The van der Waals surface area contributed by atoms with Crippen molar-refractivity contribution >= 4 is 51.2 Å². The first-order chi connectivity index (χ1) is 10.4. The van der Waals surface area contributed by atoms with E-state index in [1.165, 1.54) is 6.92 Å². The van der Waals surface area contributed by atoms with E-state index in [1.807, 2.05) is 6.07 Å². The minimum Gasteiger partial charge on any atom is -0.489 e. The molecule has 0 unspecified atom stereocenters. The lowest BCUT2D eigenvalue weighted by Gasteiger charge is -2.08. The standard InChI is InChI=1S/C15H13BrN2O3S/c1-3-6-21-13-5-4-11(16)7-10(13)8-12-14(20)18(9(2)19)15(22)17-12/h3-5,7-8H,1,6H2,2H3,(H,17,22)/b12-8-. The second-order valence-electron chi connectivity index (χ2n) is 4.43. The highest BCUT2D eigenvalue weighted by Crippen LogP contribution is 2.26. The van der Waals surface area contributed by atoms with Gasteiger partial charge in [0.15, 0.2) is 5.11 Å². The van der Waals surface area contributed by atoms with Crippen molar-refractivity contribution < 1.29 is 14.3 Å². The molecule has 0 radical (unpaired) electrons. The second kappa shape index (κ2) is 6.85. The number of ether oxygens (including phenoxy) is 1. The molecular formula is C15H13BrN2O3S. The van der Waals surface area contributed by atoms with Crippen molar-refractivity contribution in [3.63, 3.8) is 0 Å². The summed E-state index contributed by atoms with van der Waals surface area (Å²) in [6, 6.07) is 5.41. The van der Waals surface area contributed by atoms with Crippen LogP contribution in [0, 0.1) is 0 Å². The van der Waals surface area contributed by atoms with Crippen molar-refractivity contribution in [1.29, 1.82) is 0 Å². The number of carbonyl (C=O) groups excluding carboxylic acids is 2. The first-order valence-electron chi connectivity index (χ1n) is 6.35. The van der Waals surface area contributed by atoms with Crippen LogP contribution in [0.25, 0.3) is 6.08 Å². The summed E-state index contributed by atoms with van der Waals surface area (Å²) in [6.07, 6.45) is 3.23. The fraction of sp³-hybridized carbons (Fsp3) is 0.133. The summed E-state index contributed by atoms with van der Waals surface area (Å²) < 4.78 is 6.39. The molecule has 0 aromatic heterocycles. The molecule has 1 aliphatic rings. The molecule has 1 aliphatic heterocycles. The molecule has 0 aliphatic carbocycles. The van der Waals surface area contributed by atoms with Gasteiger partial charge in [-0.15, -0.1) is 0 Å². The van der Waals surface area contributed by atoms with Gasteiger partial charge in [-0.1, -0.05) is 28.6 Å². The molecule has 2 rings (SSSR count). The fourth-order valence-electron chi connectivity index (χ4n) is 1.89. The van der Waals surface area contributed by atoms with Gasteiger partial charge in [0, 0.05) is 17.0 Å². The van der Waals surface area contributed by atoms with E-state index in [0.717, 1.165) is 9.37 Å². The monoisotopic (exact) mass is 380 g/mol. The number of rotatable bonds is 4. The molecule has 0 bridgehead atoms. The predicted octanol–water partition coefficient (Wildman–Crippen LogP) is 2.62. The molecule has 1 aromatic carbocycles. The van der Waals surface area contributed by atoms with Crippen LogP contribution in [0.3, 0.4) is 0 Å². The van der Waals surface area contributed by atoms with Crippen molar-refractivity contribution in [3.05, 3.63) is 46.6 Å². The van der Waals surface area contributed by atoms with Crippen LogP contribution in [0.2, 0.25) is 0 Å². The van der Waals surface area contributed by atoms with Crippen LogP contribution < -0.4 is 10.1 Å². The summed E-state index contributed by atoms with van der Waals surface area (Å²) in [5.41, 5.74) is 0.905. The van der Waals surface area contributed by atoms with Gasteiger partial charge in [-0.2, -0.15) is 0 Å². The Morgan fingerprint density at radius 2 is 2.27 bits per heavy atom. The van der Waals surface area contributed by atoms with Crippen molar-refractivity contribution in [2.24, 2.45) is 0 Å². The van der Waals surface area contributed by atoms with Gasteiger partial charge in [-0.25, -0.2) is 4.90 Å². The van der Waals surface area contributed by atoms with Crippen molar-refractivity contribution in [1.82, 2.24) is 10.2 Å². The van der Waals surface area contributed by atoms with Crippen LogP contribution in [0.15, 0.2) is 41.0 Å². The van der Waals surface area contributed by atoms with Gasteiger partial charge in [0.05, 0.1) is 0 Å². The van der Waals surface area contributed by atoms with E-state index in [2.05, 4.69) is 27.8 Å². The number of thiocarbonyl (C=S) groups is 1. The molecule has 1 fully saturated rings. The van der Waals surface area contributed by atoms with E-state index in [9.17, 15) is 9.59 Å². The van der Waals surface area contributed by atoms with Crippen molar-refractivity contribution in [3.8, 4) is 5.75 Å². The number of benzene rings is 1. The van der Waals surface area contributed by atoms with E-state index < -0.39 is 11.8 Å². The van der Waals surface area contributed by atoms with Gasteiger partial charge >= 0.3 is 0 Å². The molecule has 7 heteroatoms. The van der Waals surface area contributed by atoms with E-state index in [-0.39, 0.29) is 10.8 Å². The van der Waals surface area contributed by atoms with Crippen LogP contribution in [-0.2, 0) is 9.59 Å². The zero-order valence-electron chi connectivity index (χ0n) is 11.8. The molecule has 2 amide bonds. The molecule has 5 nitrogen and oxygen atoms in total. The summed E-state index contributed by atoms with van der Waals surface area (Å²) in [4.78, 5) is 24.5. The molecule has 0 atom stereocenters. The predicted molar refractivity (Wildman–Crippen MR) is 91.1 cm³/mol. The minimum absolute atomic E-state index is 0.0762. The normalized spacial score (nSPS) is 15.9. The maximum Gasteiger partial charge on any atom is 0.283 e. The average molecular weight is 381 g/mol. The van der Waals surface area contributed by atoms with E-state index in [0.29, 0.717) is 17.9 Å². The summed E-state index contributed by atoms with van der Waals surface area (Å²) in [5, 5.41) is 2.82. The van der Waals surface area contributed by atoms with Gasteiger partial charge in [0.25, 0.3) is 5.91 Å². The zero-order valence-corrected chi connectivity index (χ0v) is 14.2. The molecular weight excluding hydrogens is 368 g/mol. The summed E-state index contributed by atoms with van der Waals surface area (Å²) >= 11 is 8.37. The smallest absolute Gasteiger partial charge is 0.283 e. The number of hydrogen-bond donors (Lipinski definition) is 1. The van der Waals surface area contributed by atoms with Crippen molar-refractivity contribution in [2.45, 2.75) is 6.92 Å². The molecule has 0 saturated carbocycles. The zero-order chi connectivity index (χ0) is 16.3. The second-order valence-corrected chi connectivity index (χ2v) is 5.73. The Balaban J connectivity index is 2.38. The topological polar surface area (TPSA) is 58.6 Å². The molecule has 1 saturated heterocycles. The van der Waals surface area contributed by atoms with Gasteiger partial charge in [-0.3, -0.25) is 9.59 Å². The Bertz CT molecular complexity index is 700. The first-order valence-corrected chi connectivity index (χ1v) is 7.55. The number of amides is 2. The van der Waals surface area contributed by atoms with Gasteiger partial charge in [0.1, 0.15) is 18.1 Å².